The number of phosphoric acid groups is 1. The first-order valence-electron chi connectivity index (χ1n) is 9.83. The molecule has 5 heteroatoms. The highest BCUT2D eigenvalue weighted by Gasteiger charge is 2.25. The minimum atomic E-state index is -3.51. The molecule has 0 bridgehead atoms. The number of phosphoric ester groups is 1. The van der Waals surface area contributed by atoms with Crippen molar-refractivity contribution in [2.24, 2.45) is 0 Å². The minimum absolute atomic E-state index is 0.205. The van der Waals surface area contributed by atoms with E-state index >= 15 is 0 Å². The number of rotatable bonds is 10. The zero-order valence-corrected chi connectivity index (χ0v) is 17.7. The first-order chi connectivity index (χ1) is 14.2. The van der Waals surface area contributed by atoms with Crippen molar-refractivity contribution in [2.75, 3.05) is 13.2 Å². The van der Waals surface area contributed by atoms with Crippen LogP contribution in [0.25, 0.3) is 0 Å². The summed E-state index contributed by atoms with van der Waals surface area (Å²) in [5.41, 5.74) is 2.16. The summed E-state index contributed by atoms with van der Waals surface area (Å²) in [6, 6.07) is 31.7. The largest absolute Gasteiger partial charge is 0.475 e. The second-order valence-corrected chi connectivity index (χ2v) is 7.87. The molecule has 4 nitrogen and oxygen atoms in total. The zero-order valence-electron chi connectivity index (χ0n) is 16.9. The van der Waals surface area contributed by atoms with Gasteiger partial charge in [-0.3, -0.25) is 13.6 Å². The van der Waals surface area contributed by atoms with Crippen LogP contribution in [-0.4, -0.2) is 13.2 Å². The average molecular weight is 412 g/mol. The molecule has 0 saturated carbocycles. The molecule has 3 aromatic carbocycles. The Balaban J connectivity index is 0.000000426. The number of hydrogen-bond donors (Lipinski definition) is 0. The highest BCUT2D eigenvalue weighted by molar-refractivity contribution is 7.48. The standard InChI is InChI=1S/C18H23O4P.C6H6/c1-2-20-23(19,22-16-18-12-7-4-8-13-18)21-15-9-14-17-10-5-3-6-11-17;1-2-4-6-5-3-1/h3-8,10-13H,2,9,14-16H2,1H3;1-6H. The van der Waals surface area contributed by atoms with Crippen LogP contribution in [0.5, 0.6) is 0 Å². The molecule has 0 N–H and O–H groups in total. The predicted molar refractivity (Wildman–Crippen MR) is 118 cm³/mol. The molecule has 0 aliphatic carbocycles. The molecule has 0 spiro atoms. The van der Waals surface area contributed by atoms with Gasteiger partial charge in [0.25, 0.3) is 0 Å². The molecule has 0 radical (unpaired) electrons. The van der Waals surface area contributed by atoms with E-state index in [1.165, 1.54) is 5.56 Å². The van der Waals surface area contributed by atoms with Crippen molar-refractivity contribution in [2.45, 2.75) is 26.4 Å². The molecule has 0 fully saturated rings. The van der Waals surface area contributed by atoms with Gasteiger partial charge in [0.1, 0.15) is 0 Å². The lowest BCUT2D eigenvalue weighted by Crippen LogP contribution is -2.03. The van der Waals surface area contributed by atoms with Crippen molar-refractivity contribution in [3.05, 3.63) is 108 Å². The third kappa shape index (κ3) is 10.2. The van der Waals surface area contributed by atoms with Gasteiger partial charge in [0, 0.05) is 0 Å². The van der Waals surface area contributed by atoms with E-state index < -0.39 is 7.82 Å². The Hall–Kier alpha value is -2.23. The summed E-state index contributed by atoms with van der Waals surface area (Å²) in [5, 5.41) is 0. The lowest BCUT2D eigenvalue weighted by atomic mass is 10.1. The van der Waals surface area contributed by atoms with Crippen LogP contribution >= 0.6 is 7.82 Å². The van der Waals surface area contributed by atoms with Crippen LogP contribution in [0.1, 0.15) is 24.5 Å². The zero-order chi connectivity index (χ0) is 20.6. The molecule has 29 heavy (non-hydrogen) atoms. The maximum Gasteiger partial charge on any atom is 0.475 e. The summed E-state index contributed by atoms with van der Waals surface area (Å²) in [6.07, 6.45) is 1.63. The van der Waals surface area contributed by atoms with Gasteiger partial charge < -0.3 is 0 Å². The third-order valence-electron chi connectivity index (χ3n) is 3.89. The Morgan fingerprint density at radius 1 is 0.655 bits per heavy atom. The van der Waals surface area contributed by atoms with Gasteiger partial charge in [-0.1, -0.05) is 97.1 Å². The van der Waals surface area contributed by atoms with Crippen LogP contribution in [0.4, 0.5) is 0 Å². The molecule has 3 aromatic rings. The Bertz CT molecular complexity index is 783. The predicted octanol–water partition coefficient (Wildman–Crippen LogP) is 6.68. The summed E-state index contributed by atoms with van der Waals surface area (Å²) in [5.74, 6) is 0. The second-order valence-electron chi connectivity index (χ2n) is 6.20. The van der Waals surface area contributed by atoms with Gasteiger partial charge in [-0.15, -0.1) is 0 Å². The van der Waals surface area contributed by atoms with E-state index in [4.69, 9.17) is 13.6 Å². The van der Waals surface area contributed by atoms with Crippen molar-refractivity contribution in [3.8, 4) is 0 Å². The van der Waals surface area contributed by atoms with Crippen LogP contribution in [0, 0.1) is 0 Å². The Morgan fingerprint density at radius 2 is 1.14 bits per heavy atom. The third-order valence-corrected chi connectivity index (χ3v) is 5.41. The summed E-state index contributed by atoms with van der Waals surface area (Å²) in [7, 11) is -3.51. The van der Waals surface area contributed by atoms with E-state index in [1.54, 1.807) is 6.92 Å². The molecule has 154 valence electrons. The van der Waals surface area contributed by atoms with Gasteiger partial charge in [0.05, 0.1) is 19.8 Å². The smallest absolute Gasteiger partial charge is 0.287 e. The molecule has 1 unspecified atom stereocenters. The topological polar surface area (TPSA) is 44.8 Å². The molecule has 0 aliphatic rings. The van der Waals surface area contributed by atoms with Gasteiger partial charge in [-0.25, -0.2) is 4.57 Å². The maximum absolute atomic E-state index is 12.5. The fourth-order valence-electron chi connectivity index (χ4n) is 2.48. The van der Waals surface area contributed by atoms with E-state index in [0.29, 0.717) is 6.61 Å². The van der Waals surface area contributed by atoms with Crippen molar-refractivity contribution < 1.29 is 18.1 Å². The van der Waals surface area contributed by atoms with Crippen molar-refractivity contribution in [1.29, 1.82) is 0 Å². The fraction of sp³-hybridized carbons (Fsp3) is 0.250. The quantitative estimate of drug-likeness (QED) is 0.275. The van der Waals surface area contributed by atoms with Crippen LogP contribution in [0.3, 0.4) is 0 Å². The first-order valence-corrected chi connectivity index (χ1v) is 11.3. The van der Waals surface area contributed by atoms with Gasteiger partial charge in [0.15, 0.2) is 0 Å². The van der Waals surface area contributed by atoms with Crippen LogP contribution in [-0.2, 0) is 31.2 Å². The van der Waals surface area contributed by atoms with Gasteiger partial charge >= 0.3 is 7.82 Å². The number of aryl methyl sites for hydroxylation is 1. The highest BCUT2D eigenvalue weighted by atomic mass is 31.2. The fourth-order valence-corrected chi connectivity index (χ4v) is 3.68. The lowest BCUT2D eigenvalue weighted by molar-refractivity contribution is 0.111. The van der Waals surface area contributed by atoms with Crippen molar-refractivity contribution >= 4 is 7.82 Å². The van der Waals surface area contributed by atoms with Gasteiger partial charge in [0.2, 0.25) is 0 Å². The van der Waals surface area contributed by atoms with Crippen molar-refractivity contribution in [3.63, 3.8) is 0 Å². The van der Waals surface area contributed by atoms with Crippen LogP contribution < -0.4 is 0 Å². The lowest BCUT2D eigenvalue weighted by Gasteiger charge is -2.17. The van der Waals surface area contributed by atoms with E-state index in [1.807, 2.05) is 84.9 Å². The average Bonchev–Trinajstić information content (AvgIpc) is 2.79. The van der Waals surface area contributed by atoms with E-state index in [2.05, 4.69) is 12.1 Å². The van der Waals surface area contributed by atoms with Crippen LogP contribution in [0.15, 0.2) is 97.1 Å². The van der Waals surface area contributed by atoms with E-state index in [0.717, 1.165) is 18.4 Å². The molecule has 0 aromatic heterocycles. The highest BCUT2D eigenvalue weighted by Crippen LogP contribution is 2.50. The molecule has 0 amide bonds. The first kappa shape index (κ1) is 23.1. The molecular formula is C24H29O4P. The minimum Gasteiger partial charge on any atom is -0.287 e. The SMILES string of the molecule is CCOP(=O)(OCCCc1ccccc1)OCc1ccccc1.c1ccccc1. The summed E-state index contributed by atoms with van der Waals surface area (Å²) < 4.78 is 28.6. The molecular weight excluding hydrogens is 383 g/mol. The molecule has 1 atom stereocenters. The van der Waals surface area contributed by atoms with Crippen molar-refractivity contribution in [1.82, 2.24) is 0 Å². The summed E-state index contributed by atoms with van der Waals surface area (Å²) in [4.78, 5) is 0. The van der Waals surface area contributed by atoms with E-state index in [9.17, 15) is 4.57 Å². The normalized spacial score (nSPS) is 12.4. The van der Waals surface area contributed by atoms with Gasteiger partial charge in [-0.05, 0) is 30.9 Å². The summed E-state index contributed by atoms with van der Waals surface area (Å²) >= 11 is 0. The Morgan fingerprint density at radius 3 is 1.66 bits per heavy atom. The number of benzene rings is 3. The molecule has 0 aliphatic heterocycles. The Labute approximate surface area is 174 Å². The van der Waals surface area contributed by atoms with E-state index in [-0.39, 0.29) is 13.2 Å². The van der Waals surface area contributed by atoms with Crippen LogP contribution in [0.2, 0.25) is 0 Å². The van der Waals surface area contributed by atoms with Gasteiger partial charge in [-0.2, -0.15) is 0 Å². The molecule has 0 heterocycles. The monoisotopic (exact) mass is 412 g/mol. The molecule has 3 rings (SSSR count). The summed E-state index contributed by atoms with van der Waals surface area (Å²) in [6.45, 7) is 2.59. The second kappa shape index (κ2) is 13.9. The number of hydrogen-bond acceptors (Lipinski definition) is 4. The maximum atomic E-state index is 12.5. The Kier molecular flexibility index (Phi) is 11.0. The molecule has 0 saturated heterocycles.